The molecule has 0 unspecified atom stereocenters. The molecule has 0 radical (unpaired) electrons. The SMILES string of the molecule is COc1ccc(Cl)cc1C(=O)CCC(=O)N1CCC2(CC1)CC(=O)c1cc(C)ccc1O2. The van der Waals surface area contributed by atoms with Gasteiger partial charge in [-0.25, -0.2) is 0 Å². The van der Waals surface area contributed by atoms with Crippen LogP contribution in [0.5, 0.6) is 11.5 Å². The second-order valence-corrected chi connectivity index (χ2v) is 8.97. The number of hydrogen-bond donors (Lipinski definition) is 0. The molecule has 0 atom stereocenters. The predicted molar refractivity (Wildman–Crippen MR) is 121 cm³/mol. The number of rotatable bonds is 5. The summed E-state index contributed by atoms with van der Waals surface area (Å²) in [5, 5.41) is 0.445. The molecule has 7 heteroatoms. The van der Waals surface area contributed by atoms with Gasteiger partial charge in [0.1, 0.15) is 17.1 Å². The molecule has 1 amide bonds. The molecular weight excluding hydrogens is 430 g/mol. The van der Waals surface area contributed by atoms with Gasteiger partial charge in [-0.2, -0.15) is 0 Å². The van der Waals surface area contributed by atoms with E-state index < -0.39 is 5.60 Å². The Hall–Kier alpha value is -2.86. The Bertz CT molecular complexity index is 1070. The van der Waals surface area contributed by atoms with Gasteiger partial charge < -0.3 is 14.4 Å². The van der Waals surface area contributed by atoms with Gasteiger partial charge in [-0.15, -0.1) is 0 Å². The second-order valence-electron chi connectivity index (χ2n) is 8.53. The number of aryl methyl sites for hydroxylation is 1. The van der Waals surface area contributed by atoms with Gasteiger partial charge in [0.05, 0.1) is 24.7 Å². The number of nitrogens with zero attached hydrogens (tertiary/aromatic N) is 1. The summed E-state index contributed by atoms with van der Waals surface area (Å²) < 4.78 is 11.5. The predicted octanol–water partition coefficient (Wildman–Crippen LogP) is 4.65. The van der Waals surface area contributed by atoms with Crippen LogP contribution in [0, 0.1) is 6.92 Å². The van der Waals surface area contributed by atoms with E-state index in [1.54, 1.807) is 23.1 Å². The minimum atomic E-state index is -0.555. The van der Waals surface area contributed by atoms with Crippen molar-refractivity contribution < 1.29 is 23.9 Å². The molecule has 0 bridgehead atoms. The van der Waals surface area contributed by atoms with Crippen molar-refractivity contribution in [3.8, 4) is 11.5 Å². The fraction of sp³-hybridized carbons (Fsp3) is 0.400. The van der Waals surface area contributed by atoms with E-state index in [1.807, 2.05) is 25.1 Å². The molecule has 0 saturated carbocycles. The molecule has 2 heterocycles. The summed E-state index contributed by atoms with van der Waals surface area (Å²) in [7, 11) is 1.49. The number of hydrogen-bond acceptors (Lipinski definition) is 5. The first-order chi connectivity index (χ1) is 15.3. The number of fused-ring (bicyclic) bond motifs is 1. The van der Waals surface area contributed by atoms with E-state index in [2.05, 4.69) is 0 Å². The first kappa shape index (κ1) is 22.3. The van der Waals surface area contributed by atoms with E-state index in [9.17, 15) is 14.4 Å². The summed E-state index contributed by atoms with van der Waals surface area (Å²) in [6, 6.07) is 10.5. The standard InChI is InChI=1S/C25H26ClNO5/c1-16-3-6-23-18(13-16)21(29)15-25(32-23)9-11-27(12-10-25)24(30)8-5-20(28)19-14-17(26)4-7-22(19)31-2/h3-4,6-7,13-14H,5,8-12,15H2,1-2H3. The molecule has 32 heavy (non-hydrogen) atoms. The van der Waals surface area contributed by atoms with E-state index in [1.165, 1.54) is 7.11 Å². The number of methoxy groups -OCH3 is 1. The van der Waals surface area contributed by atoms with Gasteiger partial charge >= 0.3 is 0 Å². The lowest BCUT2D eigenvalue weighted by Crippen LogP contribution is -2.52. The average Bonchev–Trinajstić information content (AvgIpc) is 2.78. The number of ketones is 2. The van der Waals surface area contributed by atoms with Crippen molar-refractivity contribution in [3.05, 3.63) is 58.1 Å². The van der Waals surface area contributed by atoms with E-state index in [4.69, 9.17) is 21.1 Å². The van der Waals surface area contributed by atoms with Gasteiger partial charge in [0.25, 0.3) is 0 Å². The number of likely N-dealkylation sites (tertiary alicyclic amines) is 1. The monoisotopic (exact) mass is 455 g/mol. The van der Waals surface area contributed by atoms with Crippen LogP contribution in [0.2, 0.25) is 5.02 Å². The number of carbonyl (C=O) groups excluding carboxylic acids is 3. The molecule has 2 aliphatic heterocycles. The highest BCUT2D eigenvalue weighted by atomic mass is 35.5. The van der Waals surface area contributed by atoms with Crippen molar-refractivity contribution in [1.82, 2.24) is 4.90 Å². The van der Waals surface area contributed by atoms with Crippen molar-refractivity contribution >= 4 is 29.1 Å². The van der Waals surface area contributed by atoms with Crippen molar-refractivity contribution in [3.63, 3.8) is 0 Å². The summed E-state index contributed by atoms with van der Waals surface area (Å²) in [4.78, 5) is 39.8. The zero-order valence-electron chi connectivity index (χ0n) is 18.3. The van der Waals surface area contributed by atoms with Gasteiger partial charge in [0.15, 0.2) is 11.6 Å². The number of halogens is 1. The molecule has 1 spiro atoms. The molecule has 168 valence electrons. The number of amides is 1. The third-order valence-corrected chi connectivity index (χ3v) is 6.53. The molecule has 1 fully saturated rings. The molecule has 0 aromatic heterocycles. The zero-order chi connectivity index (χ0) is 22.9. The quantitative estimate of drug-likeness (QED) is 0.614. The highest BCUT2D eigenvalue weighted by molar-refractivity contribution is 6.31. The average molecular weight is 456 g/mol. The van der Waals surface area contributed by atoms with Gasteiger partial charge in [0, 0.05) is 43.8 Å². The van der Waals surface area contributed by atoms with Gasteiger partial charge in [-0.05, 0) is 37.3 Å². The first-order valence-electron chi connectivity index (χ1n) is 10.8. The molecule has 2 aromatic carbocycles. The molecule has 4 rings (SSSR count). The summed E-state index contributed by atoms with van der Waals surface area (Å²) in [6.07, 6.45) is 1.71. The summed E-state index contributed by atoms with van der Waals surface area (Å²) in [5.74, 6) is 0.913. The summed E-state index contributed by atoms with van der Waals surface area (Å²) in [5.41, 5.74) is 1.50. The van der Waals surface area contributed by atoms with E-state index in [-0.39, 0.29) is 30.3 Å². The van der Waals surface area contributed by atoms with Crippen LogP contribution >= 0.6 is 11.6 Å². The highest BCUT2D eigenvalue weighted by Gasteiger charge is 2.43. The molecule has 0 aliphatic carbocycles. The number of Topliss-reactive ketones (excluding diaryl/α,β-unsaturated/α-hetero) is 2. The number of benzene rings is 2. The lowest BCUT2D eigenvalue weighted by atomic mass is 9.82. The Morgan fingerprint density at radius 3 is 2.59 bits per heavy atom. The Balaban J connectivity index is 1.34. The van der Waals surface area contributed by atoms with Crippen molar-refractivity contribution in [1.29, 1.82) is 0 Å². The smallest absolute Gasteiger partial charge is 0.223 e. The lowest BCUT2D eigenvalue weighted by molar-refractivity contribution is -0.134. The number of piperidine rings is 1. The van der Waals surface area contributed by atoms with Crippen LogP contribution in [0.4, 0.5) is 0 Å². The van der Waals surface area contributed by atoms with Crippen LogP contribution in [-0.2, 0) is 4.79 Å². The maximum Gasteiger partial charge on any atom is 0.223 e. The second kappa shape index (κ2) is 8.94. The van der Waals surface area contributed by atoms with E-state index in [0.29, 0.717) is 60.0 Å². The molecule has 1 saturated heterocycles. The highest BCUT2D eigenvalue weighted by Crippen LogP contribution is 2.39. The maximum absolute atomic E-state index is 12.7. The van der Waals surface area contributed by atoms with Crippen molar-refractivity contribution in [2.45, 2.75) is 44.6 Å². The van der Waals surface area contributed by atoms with Gasteiger partial charge in [-0.1, -0.05) is 23.2 Å². The number of ether oxygens (including phenoxy) is 2. The largest absolute Gasteiger partial charge is 0.496 e. The topological polar surface area (TPSA) is 72.9 Å². The summed E-state index contributed by atoms with van der Waals surface area (Å²) >= 11 is 6.00. The Morgan fingerprint density at radius 1 is 1.12 bits per heavy atom. The lowest BCUT2D eigenvalue weighted by Gasteiger charge is -2.44. The van der Waals surface area contributed by atoms with Gasteiger partial charge in [0.2, 0.25) is 5.91 Å². The fourth-order valence-corrected chi connectivity index (χ4v) is 4.63. The van der Waals surface area contributed by atoms with Crippen LogP contribution in [0.3, 0.4) is 0 Å². The van der Waals surface area contributed by atoms with E-state index >= 15 is 0 Å². The maximum atomic E-state index is 12.7. The normalized spacial score (nSPS) is 17.0. The van der Waals surface area contributed by atoms with Crippen LogP contribution in [-0.4, -0.2) is 48.2 Å². The minimum Gasteiger partial charge on any atom is -0.496 e. The van der Waals surface area contributed by atoms with Crippen LogP contribution in [0.15, 0.2) is 36.4 Å². The third-order valence-electron chi connectivity index (χ3n) is 6.30. The molecule has 6 nitrogen and oxygen atoms in total. The Labute approximate surface area is 192 Å². The van der Waals surface area contributed by atoms with E-state index in [0.717, 1.165) is 5.56 Å². The summed E-state index contributed by atoms with van der Waals surface area (Å²) in [6.45, 7) is 2.96. The first-order valence-corrected chi connectivity index (χ1v) is 11.2. The Kier molecular flexibility index (Phi) is 6.24. The molecule has 0 N–H and O–H groups in total. The third kappa shape index (κ3) is 4.51. The molecule has 2 aromatic rings. The van der Waals surface area contributed by atoms with Crippen LogP contribution in [0.1, 0.15) is 58.4 Å². The molecule has 2 aliphatic rings. The van der Waals surface area contributed by atoms with Crippen LogP contribution in [0.25, 0.3) is 0 Å². The van der Waals surface area contributed by atoms with Crippen molar-refractivity contribution in [2.24, 2.45) is 0 Å². The molecular formula is C25H26ClNO5. The fourth-order valence-electron chi connectivity index (χ4n) is 4.46. The minimum absolute atomic E-state index is 0.0765. The van der Waals surface area contributed by atoms with Gasteiger partial charge in [-0.3, -0.25) is 14.4 Å². The zero-order valence-corrected chi connectivity index (χ0v) is 19.0. The van der Waals surface area contributed by atoms with Crippen LogP contribution < -0.4 is 9.47 Å². The van der Waals surface area contributed by atoms with Crippen molar-refractivity contribution in [2.75, 3.05) is 20.2 Å². The Morgan fingerprint density at radius 2 is 1.88 bits per heavy atom. The number of carbonyl (C=O) groups is 3.